The van der Waals surface area contributed by atoms with Crippen LogP contribution in [-0.4, -0.2) is 28.3 Å². The van der Waals surface area contributed by atoms with Crippen LogP contribution in [0.25, 0.3) is 0 Å². The Hall–Kier alpha value is -2.78. The fourth-order valence-corrected chi connectivity index (χ4v) is 6.34. The fraction of sp³-hybridized carbons (Fsp3) is 0.595. The van der Waals surface area contributed by atoms with Crippen molar-refractivity contribution in [2.24, 2.45) is 0 Å². The molecule has 5 nitrogen and oxygen atoms in total. The third-order valence-corrected chi connectivity index (χ3v) is 8.72. The molecule has 1 atom stereocenters. The van der Waals surface area contributed by atoms with Crippen molar-refractivity contribution in [3.63, 3.8) is 0 Å². The van der Waals surface area contributed by atoms with E-state index >= 15 is 0 Å². The lowest BCUT2D eigenvalue weighted by molar-refractivity contribution is -0.129. The largest absolute Gasteiger partial charge is 0.469 e. The molecule has 1 unspecified atom stereocenters. The van der Waals surface area contributed by atoms with Gasteiger partial charge >= 0.3 is 5.97 Å². The van der Waals surface area contributed by atoms with Gasteiger partial charge in [0.15, 0.2) is 5.78 Å². The van der Waals surface area contributed by atoms with Crippen LogP contribution in [0, 0.1) is 11.8 Å². The Balaban J connectivity index is 1.46. The topological polar surface area (TPSA) is 65.5 Å². The summed E-state index contributed by atoms with van der Waals surface area (Å²) in [6.45, 7) is 8.61. The van der Waals surface area contributed by atoms with E-state index in [-0.39, 0.29) is 11.2 Å². The number of thiol groups is 1. The highest BCUT2D eigenvalue weighted by molar-refractivity contribution is 7.82. The van der Waals surface area contributed by atoms with Crippen molar-refractivity contribution in [2.75, 3.05) is 6.61 Å². The number of ether oxygens (including phenoxy) is 2. The van der Waals surface area contributed by atoms with Gasteiger partial charge in [-0.15, -0.1) is 12.6 Å². The number of unbranched alkanes of at least 4 members (excludes halogenated alkanes) is 12. The van der Waals surface area contributed by atoms with Gasteiger partial charge in [0.1, 0.15) is 11.4 Å². The average Bonchev–Trinajstić information content (AvgIpc) is 2.98. The van der Waals surface area contributed by atoms with E-state index in [4.69, 9.17) is 22.1 Å². The first-order valence-electron chi connectivity index (χ1n) is 16.4. The van der Waals surface area contributed by atoms with E-state index in [1.165, 1.54) is 76.8 Å². The van der Waals surface area contributed by atoms with E-state index in [1.807, 2.05) is 18.2 Å². The van der Waals surface area contributed by atoms with Crippen LogP contribution < -0.4 is 4.74 Å². The quantitative estimate of drug-likeness (QED) is 0.0842. The number of fused-ring (bicyclic) bond motifs is 1. The third kappa shape index (κ3) is 11.0. The van der Waals surface area contributed by atoms with Crippen molar-refractivity contribution >= 4 is 24.4 Å². The smallest absolute Gasteiger partial charge is 0.339 e. The van der Waals surface area contributed by atoms with Crippen molar-refractivity contribution in [2.45, 2.75) is 134 Å². The van der Waals surface area contributed by atoms with Gasteiger partial charge in [-0.1, -0.05) is 104 Å². The standard InChI is InChI=1S/C37H51NO4S/c1-5-7-8-9-10-11-12-13-14-15-16-17-18-19-34(39)37(43)28-36(3,4)32-26-29(21-25-33(32)42-37)20-23-31-24-22-30(27-38-31)35(40)41-6-2/h21-22,24-27,43H,5-19,28H2,1-4H3. The summed E-state index contributed by atoms with van der Waals surface area (Å²) in [6.07, 6.45) is 19.1. The first-order chi connectivity index (χ1) is 20.7. The molecule has 0 N–H and O–H groups in total. The molecule has 0 fully saturated rings. The second-order valence-electron chi connectivity index (χ2n) is 12.5. The molecule has 0 radical (unpaired) electrons. The molecular weight excluding hydrogens is 554 g/mol. The summed E-state index contributed by atoms with van der Waals surface area (Å²) in [5, 5.41) is 0. The maximum atomic E-state index is 13.3. The lowest BCUT2D eigenvalue weighted by atomic mass is 9.75. The SMILES string of the molecule is CCCCCCCCCCCCCCCC(=O)C1(S)CC(C)(C)c2cc(C#Cc3ccc(C(=O)OCC)cn3)ccc2O1. The maximum Gasteiger partial charge on any atom is 0.339 e. The summed E-state index contributed by atoms with van der Waals surface area (Å²) in [5.41, 5.74) is 2.51. The zero-order chi connectivity index (χ0) is 31.1. The van der Waals surface area contributed by atoms with E-state index in [9.17, 15) is 9.59 Å². The van der Waals surface area contributed by atoms with Gasteiger partial charge in [-0.25, -0.2) is 9.78 Å². The predicted octanol–water partition coefficient (Wildman–Crippen LogP) is 9.39. The molecule has 3 rings (SSSR count). The minimum Gasteiger partial charge on any atom is -0.469 e. The molecule has 2 heterocycles. The van der Waals surface area contributed by atoms with E-state index < -0.39 is 10.9 Å². The van der Waals surface area contributed by atoms with E-state index in [0.29, 0.717) is 36.5 Å². The van der Waals surface area contributed by atoms with Crippen LogP contribution in [0.5, 0.6) is 5.75 Å². The fourth-order valence-electron chi connectivity index (χ4n) is 5.73. The number of pyridine rings is 1. The van der Waals surface area contributed by atoms with Gasteiger partial charge in [0.25, 0.3) is 0 Å². The minimum absolute atomic E-state index is 0.0684. The van der Waals surface area contributed by atoms with Gasteiger partial charge in [0.05, 0.1) is 12.2 Å². The van der Waals surface area contributed by atoms with Crippen LogP contribution in [0.15, 0.2) is 36.5 Å². The molecule has 0 saturated heterocycles. The third-order valence-electron chi connectivity index (χ3n) is 8.22. The van der Waals surface area contributed by atoms with E-state index in [0.717, 1.165) is 24.0 Å². The summed E-state index contributed by atoms with van der Waals surface area (Å²) in [4.78, 5) is 28.3. The lowest BCUT2D eigenvalue weighted by Crippen LogP contribution is -2.47. The predicted molar refractivity (Wildman–Crippen MR) is 178 cm³/mol. The van der Waals surface area contributed by atoms with Gasteiger partial charge in [-0.05, 0) is 55.0 Å². The lowest BCUT2D eigenvalue weighted by Gasteiger charge is -2.42. The summed E-state index contributed by atoms with van der Waals surface area (Å²) < 4.78 is 11.3. The van der Waals surface area contributed by atoms with Crippen molar-refractivity contribution in [3.05, 3.63) is 58.9 Å². The molecule has 6 heteroatoms. The van der Waals surface area contributed by atoms with Crippen LogP contribution in [-0.2, 0) is 14.9 Å². The molecular formula is C37H51NO4S. The van der Waals surface area contributed by atoms with Crippen LogP contribution in [0.4, 0.5) is 0 Å². The summed E-state index contributed by atoms with van der Waals surface area (Å²) in [5.74, 6) is 6.59. The number of carbonyl (C=O) groups is 2. The maximum absolute atomic E-state index is 13.3. The number of nitrogens with zero attached hydrogens (tertiary/aromatic N) is 1. The molecule has 0 bridgehead atoms. The van der Waals surface area contributed by atoms with Crippen molar-refractivity contribution in [1.82, 2.24) is 4.98 Å². The summed E-state index contributed by atoms with van der Waals surface area (Å²) >= 11 is 4.81. The normalized spacial score (nSPS) is 16.9. The number of aromatic nitrogens is 1. The van der Waals surface area contributed by atoms with E-state index in [1.54, 1.807) is 19.1 Å². The highest BCUT2D eigenvalue weighted by Gasteiger charge is 2.47. The van der Waals surface area contributed by atoms with Crippen molar-refractivity contribution in [1.29, 1.82) is 0 Å². The highest BCUT2D eigenvalue weighted by atomic mass is 32.1. The van der Waals surface area contributed by atoms with Crippen LogP contribution in [0.1, 0.15) is 151 Å². The minimum atomic E-state index is -1.12. The monoisotopic (exact) mass is 605 g/mol. The van der Waals surface area contributed by atoms with Crippen LogP contribution in [0.2, 0.25) is 0 Å². The van der Waals surface area contributed by atoms with Gasteiger partial charge in [-0.3, -0.25) is 4.79 Å². The Labute approximate surface area is 265 Å². The first kappa shape index (κ1) is 34.7. The Morgan fingerprint density at radius 2 is 1.51 bits per heavy atom. The molecule has 1 aromatic carbocycles. The van der Waals surface area contributed by atoms with Crippen molar-refractivity contribution < 1.29 is 19.1 Å². The van der Waals surface area contributed by atoms with Gasteiger partial charge in [0.2, 0.25) is 4.93 Å². The molecule has 0 amide bonds. The average molecular weight is 606 g/mol. The van der Waals surface area contributed by atoms with Gasteiger partial charge in [0, 0.05) is 30.2 Å². The Kier molecular flexibility index (Phi) is 14.1. The first-order valence-corrected chi connectivity index (χ1v) is 16.9. The molecule has 2 aromatic rings. The Morgan fingerprint density at radius 3 is 2.09 bits per heavy atom. The molecule has 43 heavy (non-hydrogen) atoms. The van der Waals surface area contributed by atoms with E-state index in [2.05, 4.69) is 37.6 Å². The Bertz CT molecular complexity index is 1240. The molecule has 1 aliphatic rings. The summed E-state index contributed by atoms with van der Waals surface area (Å²) in [7, 11) is 0. The molecule has 0 aliphatic carbocycles. The Morgan fingerprint density at radius 1 is 0.884 bits per heavy atom. The molecule has 0 spiro atoms. The van der Waals surface area contributed by atoms with Crippen LogP contribution >= 0.6 is 12.6 Å². The molecule has 1 aliphatic heterocycles. The van der Waals surface area contributed by atoms with Gasteiger partial charge in [-0.2, -0.15) is 0 Å². The number of hydrogen-bond acceptors (Lipinski definition) is 6. The second kappa shape index (κ2) is 17.5. The van der Waals surface area contributed by atoms with Crippen molar-refractivity contribution in [3.8, 4) is 17.6 Å². The molecule has 1 aromatic heterocycles. The number of hydrogen-bond donors (Lipinski definition) is 1. The second-order valence-corrected chi connectivity index (χ2v) is 13.2. The number of ketones is 1. The highest BCUT2D eigenvalue weighted by Crippen LogP contribution is 2.47. The number of Topliss-reactive ketones (excluding diaryl/α,β-unsaturated/α-hetero) is 1. The number of rotatable bonds is 17. The molecule has 0 saturated carbocycles. The zero-order valence-corrected chi connectivity index (χ0v) is 27.7. The molecule has 234 valence electrons. The summed E-state index contributed by atoms with van der Waals surface area (Å²) in [6, 6.07) is 9.19. The number of esters is 1. The van der Waals surface area contributed by atoms with Crippen LogP contribution in [0.3, 0.4) is 0 Å². The zero-order valence-electron chi connectivity index (χ0n) is 26.8. The number of carbonyl (C=O) groups excluding carboxylic acids is 2. The van der Waals surface area contributed by atoms with Gasteiger partial charge < -0.3 is 9.47 Å². The number of benzene rings is 1.